The van der Waals surface area contributed by atoms with E-state index < -0.39 is 20.2 Å². The zero-order valence-electron chi connectivity index (χ0n) is 20.4. The van der Waals surface area contributed by atoms with Crippen molar-refractivity contribution >= 4 is 42.2 Å². The molecular weight excluding hydrogens is 478 g/mol. The Morgan fingerprint density at radius 1 is 1.11 bits per heavy atom. The standard InChI is InChI=1S/C26H31N3O4SSi/c1-19(30)27-22-15-16-29(25(31)28-22)23-18-34-24(33-23)17-32-35(26(2,3)4,20-11-7-5-8-12-20)21-13-9-6-10-14-21/h5-16,23-24H,17-18H2,1-4H3,(H,27,28,30,31)/t23-,24-/m0/s1. The molecule has 1 saturated heterocycles. The minimum Gasteiger partial charge on any atom is -0.404 e. The van der Waals surface area contributed by atoms with Crippen molar-refractivity contribution in [2.45, 2.75) is 44.4 Å². The van der Waals surface area contributed by atoms with Gasteiger partial charge in [-0.3, -0.25) is 9.36 Å². The summed E-state index contributed by atoms with van der Waals surface area (Å²) in [4.78, 5) is 27.7. The molecule has 2 aromatic carbocycles. The molecule has 2 atom stereocenters. The van der Waals surface area contributed by atoms with Crippen molar-refractivity contribution in [1.82, 2.24) is 9.55 Å². The molecule has 0 spiro atoms. The van der Waals surface area contributed by atoms with Gasteiger partial charge in [0.2, 0.25) is 5.91 Å². The van der Waals surface area contributed by atoms with Crippen molar-refractivity contribution in [2.24, 2.45) is 0 Å². The fourth-order valence-electron chi connectivity index (χ4n) is 4.51. The number of aromatic nitrogens is 2. The summed E-state index contributed by atoms with van der Waals surface area (Å²) in [6, 6.07) is 22.6. The fraction of sp³-hybridized carbons (Fsp3) is 0.346. The van der Waals surface area contributed by atoms with Gasteiger partial charge in [0.05, 0.1) is 6.61 Å². The summed E-state index contributed by atoms with van der Waals surface area (Å²) in [5.41, 5.74) is -0.682. The molecule has 0 bridgehead atoms. The third-order valence-corrected chi connectivity index (χ3v) is 12.1. The van der Waals surface area contributed by atoms with Crippen LogP contribution in [0.15, 0.2) is 77.7 Å². The Morgan fingerprint density at radius 3 is 2.23 bits per heavy atom. The van der Waals surface area contributed by atoms with Crippen LogP contribution in [0.3, 0.4) is 0 Å². The minimum absolute atomic E-state index is 0.126. The molecule has 4 rings (SSSR count). The first kappa shape index (κ1) is 25.4. The van der Waals surface area contributed by atoms with Gasteiger partial charge < -0.3 is 14.5 Å². The highest BCUT2D eigenvalue weighted by molar-refractivity contribution is 8.00. The average Bonchev–Trinajstić information content (AvgIpc) is 3.28. The number of hydrogen-bond donors (Lipinski definition) is 1. The van der Waals surface area contributed by atoms with E-state index in [9.17, 15) is 9.59 Å². The first-order chi connectivity index (χ1) is 16.7. The van der Waals surface area contributed by atoms with Crippen LogP contribution in [0, 0.1) is 0 Å². The van der Waals surface area contributed by atoms with Crippen LogP contribution in [0.2, 0.25) is 5.04 Å². The maximum Gasteiger partial charge on any atom is 0.351 e. The van der Waals surface area contributed by atoms with Crippen LogP contribution in [-0.4, -0.2) is 41.6 Å². The van der Waals surface area contributed by atoms with Gasteiger partial charge in [-0.05, 0) is 21.5 Å². The molecular formula is C26H31N3O4SSi. The molecule has 1 aliphatic heterocycles. The molecule has 0 aliphatic carbocycles. The van der Waals surface area contributed by atoms with Crippen LogP contribution in [0.25, 0.3) is 0 Å². The zero-order chi connectivity index (χ0) is 25.1. The molecule has 0 radical (unpaired) electrons. The maximum atomic E-state index is 12.5. The number of anilines is 1. The van der Waals surface area contributed by atoms with Crippen LogP contribution < -0.4 is 21.4 Å². The van der Waals surface area contributed by atoms with Crippen LogP contribution in [0.5, 0.6) is 0 Å². The second-order valence-electron chi connectivity index (χ2n) is 9.51. The van der Waals surface area contributed by atoms with E-state index in [1.54, 1.807) is 24.0 Å². The van der Waals surface area contributed by atoms with Gasteiger partial charge in [0.25, 0.3) is 8.32 Å². The van der Waals surface area contributed by atoms with Gasteiger partial charge >= 0.3 is 5.69 Å². The normalized spacial score (nSPS) is 18.4. The van der Waals surface area contributed by atoms with Gasteiger partial charge in [-0.25, -0.2) is 4.79 Å². The quantitative estimate of drug-likeness (QED) is 0.492. The van der Waals surface area contributed by atoms with E-state index in [-0.39, 0.29) is 22.2 Å². The van der Waals surface area contributed by atoms with Gasteiger partial charge in [0.1, 0.15) is 17.5 Å². The number of nitrogens with one attached hydrogen (secondary N) is 1. The highest BCUT2D eigenvalue weighted by Gasteiger charge is 2.50. The molecule has 184 valence electrons. The van der Waals surface area contributed by atoms with Crippen LogP contribution in [0.4, 0.5) is 5.82 Å². The molecule has 2 heterocycles. The maximum absolute atomic E-state index is 12.5. The lowest BCUT2D eigenvalue weighted by atomic mass is 10.2. The Bertz CT molecular complexity index is 1180. The van der Waals surface area contributed by atoms with Gasteiger partial charge in [0, 0.05) is 18.9 Å². The number of ether oxygens (including phenoxy) is 1. The summed E-state index contributed by atoms with van der Waals surface area (Å²) >= 11 is 1.63. The molecule has 35 heavy (non-hydrogen) atoms. The van der Waals surface area contributed by atoms with E-state index in [4.69, 9.17) is 9.16 Å². The van der Waals surface area contributed by atoms with Crippen LogP contribution >= 0.6 is 11.8 Å². The first-order valence-corrected chi connectivity index (χ1v) is 14.6. The summed E-state index contributed by atoms with van der Waals surface area (Å²) in [5.74, 6) is 0.564. The van der Waals surface area contributed by atoms with Crippen molar-refractivity contribution in [3.05, 3.63) is 83.4 Å². The van der Waals surface area contributed by atoms with Gasteiger partial charge in [-0.2, -0.15) is 4.98 Å². The zero-order valence-corrected chi connectivity index (χ0v) is 22.2. The number of amides is 1. The van der Waals surface area contributed by atoms with Crippen molar-refractivity contribution in [3.8, 4) is 0 Å². The second kappa shape index (κ2) is 10.5. The Kier molecular flexibility index (Phi) is 7.61. The first-order valence-electron chi connectivity index (χ1n) is 11.6. The topological polar surface area (TPSA) is 82.5 Å². The van der Waals surface area contributed by atoms with E-state index >= 15 is 0 Å². The second-order valence-corrected chi connectivity index (χ2v) is 15.0. The van der Waals surface area contributed by atoms with Crippen molar-refractivity contribution < 1.29 is 14.0 Å². The monoisotopic (exact) mass is 509 g/mol. The lowest BCUT2D eigenvalue weighted by Crippen LogP contribution is -2.67. The largest absolute Gasteiger partial charge is 0.404 e. The fourth-order valence-corrected chi connectivity index (χ4v) is 10.2. The van der Waals surface area contributed by atoms with Crippen molar-refractivity contribution in [1.29, 1.82) is 0 Å². The molecule has 1 N–H and O–H groups in total. The van der Waals surface area contributed by atoms with Gasteiger partial charge in [0.15, 0.2) is 0 Å². The molecule has 1 aliphatic rings. The predicted octanol–water partition coefficient (Wildman–Crippen LogP) is 3.37. The van der Waals surface area contributed by atoms with Crippen molar-refractivity contribution in [2.75, 3.05) is 17.7 Å². The van der Waals surface area contributed by atoms with Crippen LogP contribution in [-0.2, 0) is 14.0 Å². The summed E-state index contributed by atoms with van der Waals surface area (Å²) in [7, 11) is -2.67. The molecule has 0 saturated carbocycles. The number of hydrogen-bond acceptors (Lipinski definition) is 6. The minimum atomic E-state index is -2.67. The SMILES string of the molecule is CC(=O)Nc1ccn([C@@H]2CS[C@@H](CO[Si](c3ccccc3)(c3ccccc3)C(C)(C)C)O2)c(=O)n1. The number of benzene rings is 2. The third-order valence-electron chi connectivity index (χ3n) is 6.03. The number of rotatable bonds is 7. The Labute approximate surface area is 211 Å². The molecule has 1 fully saturated rings. The molecule has 1 aromatic heterocycles. The average molecular weight is 510 g/mol. The molecule has 9 heteroatoms. The van der Waals surface area contributed by atoms with Crippen molar-refractivity contribution in [3.63, 3.8) is 0 Å². The molecule has 1 amide bonds. The van der Waals surface area contributed by atoms with E-state index in [0.29, 0.717) is 12.4 Å². The smallest absolute Gasteiger partial charge is 0.351 e. The summed E-state index contributed by atoms with van der Waals surface area (Å²) in [6.07, 6.45) is 1.16. The number of carbonyl (C=O) groups is 1. The lowest BCUT2D eigenvalue weighted by Gasteiger charge is -2.43. The molecule has 7 nitrogen and oxygen atoms in total. The summed E-state index contributed by atoms with van der Waals surface area (Å²) < 4.78 is 14.7. The van der Waals surface area contributed by atoms with E-state index in [0.717, 1.165) is 0 Å². The highest BCUT2D eigenvalue weighted by atomic mass is 32.2. The number of thioether (sulfide) groups is 1. The Morgan fingerprint density at radius 2 is 1.71 bits per heavy atom. The highest BCUT2D eigenvalue weighted by Crippen LogP contribution is 2.38. The lowest BCUT2D eigenvalue weighted by molar-refractivity contribution is -0.114. The van der Waals surface area contributed by atoms with E-state index in [2.05, 4.69) is 79.6 Å². The van der Waals surface area contributed by atoms with Gasteiger partial charge in [-0.15, -0.1) is 11.8 Å². The molecule has 3 aromatic rings. The predicted molar refractivity (Wildman–Crippen MR) is 143 cm³/mol. The Balaban J connectivity index is 1.56. The number of nitrogens with zero attached hydrogens (tertiary/aromatic N) is 2. The number of carbonyl (C=O) groups excluding carboxylic acids is 1. The summed E-state index contributed by atoms with van der Waals surface area (Å²) in [5, 5.41) is 4.83. The van der Waals surface area contributed by atoms with Crippen LogP contribution in [0.1, 0.15) is 33.9 Å². The summed E-state index contributed by atoms with van der Waals surface area (Å²) in [6.45, 7) is 8.51. The molecule has 0 unspecified atom stereocenters. The van der Waals surface area contributed by atoms with Gasteiger partial charge in [-0.1, -0.05) is 81.4 Å². The third kappa shape index (κ3) is 5.43. The Hall–Kier alpha value is -2.72. The van der Waals surface area contributed by atoms with E-state index in [1.165, 1.54) is 21.9 Å². The van der Waals surface area contributed by atoms with E-state index in [1.807, 2.05) is 12.1 Å².